The van der Waals surface area contributed by atoms with Crippen molar-refractivity contribution in [2.24, 2.45) is 7.05 Å². The van der Waals surface area contributed by atoms with E-state index in [2.05, 4.69) is 40.4 Å². The Hall–Kier alpha value is -1.26. The highest BCUT2D eigenvalue weighted by atomic mass is 35.5. The zero-order valence-electron chi connectivity index (χ0n) is 11.8. The Bertz CT molecular complexity index is 542. The van der Waals surface area contributed by atoms with Crippen LogP contribution in [-0.4, -0.2) is 20.9 Å². The fourth-order valence-electron chi connectivity index (χ4n) is 2.14. The first kappa shape index (κ1) is 14.2. The van der Waals surface area contributed by atoms with Gasteiger partial charge < -0.3 is 9.88 Å². The highest BCUT2D eigenvalue weighted by Crippen LogP contribution is 2.20. The Kier molecular flexibility index (Phi) is 4.66. The minimum atomic E-state index is 0.719. The zero-order chi connectivity index (χ0) is 13.8. The molecule has 2 aromatic heterocycles. The van der Waals surface area contributed by atoms with Gasteiger partial charge in [-0.2, -0.15) is 5.10 Å². The fourth-order valence-corrected chi connectivity index (χ4v) is 2.37. The van der Waals surface area contributed by atoms with Crippen LogP contribution in [0.2, 0.25) is 5.15 Å². The highest BCUT2D eigenvalue weighted by Gasteiger charge is 2.11. The summed E-state index contributed by atoms with van der Waals surface area (Å²) in [4.78, 5) is 0. The molecular formula is C14H21ClN4. The first-order valence-electron chi connectivity index (χ1n) is 6.65. The van der Waals surface area contributed by atoms with E-state index in [1.165, 1.54) is 5.56 Å². The number of rotatable bonds is 6. The molecule has 19 heavy (non-hydrogen) atoms. The predicted octanol–water partition coefficient (Wildman–Crippen LogP) is 2.73. The van der Waals surface area contributed by atoms with Gasteiger partial charge in [0.25, 0.3) is 0 Å². The Morgan fingerprint density at radius 3 is 2.84 bits per heavy atom. The van der Waals surface area contributed by atoms with Crippen LogP contribution < -0.4 is 5.32 Å². The van der Waals surface area contributed by atoms with Crippen molar-refractivity contribution in [3.8, 4) is 0 Å². The average Bonchev–Trinajstić information content (AvgIpc) is 2.91. The van der Waals surface area contributed by atoms with Crippen molar-refractivity contribution < 1.29 is 0 Å². The molecule has 4 nitrogen and oxygen atoms in total. The second-order valence-electron chi connectivity index (χ2n) is 4.85. The van der Waals surface area contributed by atoms with Gasteiger partial charge in [-0.1, -0.05) is 18.5 Å². The molecule has 0 atom stereocenters. The second-order valence-corrected chi connectivity index (χ2v) is 5.21. The third kappa shape index (κ3) is 3.39. The minimum absolute atomic E-state index is 0.719. The molecule has 0 saturated carbocycles. The van der Waals surface area contributed by atoms with Gasteiger partial charge in [-0.15, -0.1) is 0 Å². The summed E-state index contributed by atoms with van der Waals surface area (Å²) in [5.41, 5.74) is 3.38. The smallest absolute Gasteiger partial charge is 0.131 e. The van der Waals surface area contributed by atoms with Crippen LogP contribution >= 0.6 is 11.6 Å². The van der Waals surface area contributed by atoms with Crippen molar-refractivity contribution in [1.82, 2.24) is 19.7 Å². The molecule has 0 aliphatic rings. The van der Waals surface area contributed by atoms with E-state index < -0.39 is 0 Å². The fraction of sp³-hybridized carbons (Fsp3) is 0.500. The number of nitrogens with zero attached hydrogens (tertiary/aromatic N) is 3. The van der Waals surface area contributed by atoms with Crippen molar-refractivity contribution >= 4 is 11.6 Å². The summed E-state index contributed by atoms with van der Waals surface area (Å²) in [5.74, 6) is 0. The van der Waals surface area contributed by atoms with E-state index in [1.807, 2.05) is 14.0 Å². The maximum Gasteiger partial charge on any atom is 0.131 e. The SMILES string of the molecule is CCCNCc1ccn(Cc2c(C)nn(C)c2Cl)c1. The van der Waals surface area contributed by atoms with E-state index in [0.717, 1.165) is 42.5 Å². The summed E-state index contributed by atoms with van der Waals surface area (Å²) < 4.78 is 3.87. The molecule has 0 spiro atoms. The lowest BCUT2D eigenvalue weighted by molar-refractivity contribution is 0.673. The van der Waals surface area contributed by atoms with Crippen LogP contribution in [0, 0.1) is 6.92 Å². The molecule has 0 aromatic carbocycles. The van der Waals surface area contributed by atoms with Crippen molar-refractivity contribution in [3.63, 3.8) is 0 Å². The van der Waals surface area contributed by atoms with Gasteiger partial charge in [-0.3, -0.25) is 4.68 Å². The van der Waals surface area contributed by atoms with Gasteiger partial charge >= 0.3 is 0 Å². The Morgan fingerprint density at radius 2 is 2.21 bits per heavy atom. The van der Waals surface area contributed by atoms with Crippen LogP contribution in [0.5, 0.6) is 0 Å². The maximum absolute atomic E-state index is 6.25. The third-order valence-electron chi connectivity index (χ3n) is 3.18. The van der Waals surface area contributed by atoms with Crippen molar-refractivity contribution in [1.29, 1.82) is 0 Å². The van der Waals surface area contributed by atoms with Crippen LogP contribution in [0.4, 0.5) is 0 Å². The van der Waals surface area contributed by atoms with Gasteiger partial charge in [0, 0.05) is 31.5 Å². The molecule has 5 heteroatoms. The quantitative estimate of drug-likeness (QED) is 0.826. The number of hydrogen-bond acceptors (Lipinski definition) is 2. The monoisotopic (exact) mass is 280 g/mol. The standard InChI is InChI=1S/C14H21ClN4/c1-4-6-16-8-12-5-7-19(9-12)10-13-11(2)17-18(3)14(13)15/h5,7,9,16H,4,6,8,10H2,1-3H3. The van der Waals surface area contributed by atoms with Gasteiger partial charge in [-0.25, -0.2) is 0 Å². The second kappa shape index (κ2) is 6.26. The lowest BCUT2D eigenvalue weighted by atomic mass is 10.2. The molecule has 2 aromatic rings. The minimum Gasteiger partial charge on any atom is -0.349 e. The Labute approximate surface area is 119 Å². The number of nitrogens with one attached hydrogen (secondary N) is 1. The van der Waals surface area contributed by atoms with E-state index in [1.54, 1.807) is 4.68 Å². The van der Waals surface area contributed by atoms with Crippen LogP contribution in [0.25, 0.3) is 0 Å². The van der Waals surface area contributed by atoms with E-state index >= 15 is 0 Å². The largest absolute Gasteiger partial charge is 0.349 e. The Morgan fingerprint density at radius 1 is 1.42 bits per heavy atom. The summed E-state index contributed by atoms with van der Waals surface area (Å²) in [5, 5.41) is 8.45. The summed E-state index contributed by atoms with van der Waals surface area (Å²) >= 11 is 6.25. The topological polar surface area (TPSA) is 34.8 Å². The van der Waals surface area contributed by atoms with Gasteiger partial charge in [-0.05, 0) is 31.5 Å². The van der Waals surface area contributed by atoms with Gasteiger partial charge in [0.2, 0.25) is 0 Å². The molecule has 0 amide bonds. The van der Waals surface area contributed by atoms with Crippen LogP contribution in [0.15, 0.2) is 18.5 Å². The number of hydrogen-bond donors (Lipinski definition) is 1. The van der Waals surface area contributed by atoms with Crippen molar-refractivity contribution in [2.75, 3.05) is 6.54 Å². The normalized spacial score (nSPS) is 11.2. The van der Waals surface area contributed by atoms with Gasteiger partial charge in [0.1, 0.15) is 5.15 Å². The molecule has 1 N–H and O–H groups in total. The summed E-state index contributed by atoms with van der Waals surface area (Å²) in [6.07, 6.45) is 5.41. The van der Waals surface area contributed by atoms with Crippen LogP contribution in [0.1, 0.15) is 30.2 Å². The first-order chi connectivity index (χ1) is 9.11. The lowest BCUT2D eigenvalue weighted by Gasteiger charge is -2.03. The van der Waals surface area contributed by atoms with E-state index in [0.29, 0.717) is 0 Å². The van der Waals surface area contributed by atoms with Gasteiger partial charge in [0.05, 0.1) is 12.2 Å². The average molecular weight is 281 g/mol. The number of aromatic nitrogens is 3. The summed E-state index contributed by atoms with van der Waals surface area (Å²) in [7, 11) is 1.87. The predicted molar refractivity (Wildman–Crippen MR) is 78.5 cm³/mol. The first-order valence-corrected chi connectivity index (χ1v) is 7.03. The Balaban J connectivity index is 2.03. The molecule has 2 heterocycles. The van der Waals surface area contributed by atoms with Crippen molar-refractivity contribution in [2.45, 2.75) is 33.4 Å². The molecule has 104 valence electrons. The van der Waals surface area contributed by atoms with E-state index in [4.69, 9.17) is 11.6 Å². The molecule has 0 aliphatic carbocycles. The van der Waals surface area contributed by atoms with Crippen LogP contribution in [0.3, 0.4) is 0 Å². The van der Waals surface area contributed by atoms with Crippen LogP contribution in [-0.2, 0) is 20.1 Å². The lowest BCUT2D eigenvalue weighted by Crippen LogP contribution is -2.13. The van der Waals surface area contributed by atoms with E-state index in [-0.39, 0.29) is 0 Å². The zero-order valence-corrected chi connectivity index (χ0v) is 12.5. The summed E-state index contributed by atoms with van der Waals surface area (Å²) in [6.45, 7) is 6.91. The highest BCUT2D eigenvalue weighted by molar-refractivity contribution is 6.30. The maximum atomic E-state index is 6.25. The number of aryl methyl sites for hydroxylation is 2. The van der Waals surface area contributed by atoms with Crippen molar-refractivity contribution in [3.05, 3.63) is 40.4 Å². The molecular weight excluding hydrogens is 260 g/mol. The molecule has 0 fully saturated rings. The molecule has 0 bridgehead atoms. The molecule has 2 rings (SSSR count). The van der Waals surface area contributed by atoms with E-state index in [9.17, 15) is 0 Å². The molecule has 0 unspecified atom stereocenters. The van der Waals surface area contributed by atoms with Gasteiger partial charge in [0.15, 0.2) is 0 Å². The molecule has 0 radical (unpaired) electrons. The molecule has 0 aliphatic heterocycles. The summed E-state index contributed by atoms with van der Waals surface area (Å²) in [6, 6.07) is 2.14. The third-order valence-corrected chi connectivity index (χ3v) is 3.65. The number of halogens is 1. The molecule has 0 saturated heterocycles.